The summed E-state index contributed by atoms with van der Waals surface area (Å²) in [7, 11) is 0. The van der Waals surface area contributed by atoms with Crippen molar-refractivity contribution >= 4 is 52.6 Å². The molecule has 0 bridgehead atoms. The predicted molar refractivity (Wildman–Crippen MR) is 113 cm³/mol. The van der Waals surface area contributed by atoms with Crippen molar-refractivity contribution in [1.82, 2.24) is 10.6 Å². The Labute approximate surface area is 177 Å². The lowest BCUT2D eigenvalue weighted by molar-refractivity contribution is -0.139. The van der Waals surface area contributed by atoms with Crippen molar-refractivity contribution in [3.05, 3.63) is 58.6 Å². The molecule has 0 radical (unpaired) electrons. The Morgan fingerprint density at radius 3 is 1.97 bits per heavy atom. The van der Waals surface area contributed by atoms with Gasteiger partial charge in [0.25, 0.3) is 0 Å². The maximum absolute atomic E-state index is 12.0. The van der Waals surface area contributed by atoms with Crippen molar-refractivity contribution in [2.24, 2.45) is 0 Å². The maximum atomic E-state index is 12.0. The molecule has 0 saturated heterocycles. The van der Waals surface area contributed by atoms with E-state index in [4.69, 9.17) is 23.2 Å². The molecule has 0 saturated carbocycles. The van der Waals surface area contributed by atoms with Gasteiger partial charge in [-0.15, -0.1) is 0 Å². The number of hydrogen-bond donors (Lipinski definition) is 5. The molecule has 1 atom stereocenters. The summed E-state index contributed by atoms with van der Waals surface area (Å²) >= 11 is 11.7. The molecule has 0 aliphatic carbocycles. The summed E-state index contributed by atoms with van der Waals surface area (Å²) in [4.78, 5) is 35.2. The third-order valence-corrected chi connectivity index (χ3v) is 4.19. The van der Waals surface area contributed by atoms with Crippen molar-refractivity contribution in [2.75, 3.05) is 17.2 Å². The van der Waals surface area contributed by atoms with E-state index in [2.05, 4.69) is 21.3 Å². The van der Waals surface area contributed by atoms with Crippen LogP contribution >= 0.6 is 23.2 Å². The third kappa shape index (κ3) is 8.28. The third-order valence-electron chi connectivity index (χ3n) is 3.72. The minimum Gasteiger partial charge on any atom is -0.480 e. The number of rotatable bonds is 8. The largest absolute Gasteiger partial charge is 0.480 e. The van der Waals surface area contributed by atoms with Gasteiger partial charge in [0, 0.05) is 28.0 Å². The number of amides is 4. The Hall–Kier alpha value is -2.97. The van der Waals surface area contributed by atoms with E-state index >= 15 is 0 Å². The van der Waals surface area contributed by atoms with Crippen LogP contribution in [-0.2, 0) is 4.79 Å². The lowest BCUT2D eigenvalue weighted by Crippen LogP contribution is -2.43. The first-order valence-corrected chi connectivity index (χ1v) is 9.45. The number of carbonyl (C=O) groups excluding carboxylic acids is 2. The molecule has 0 aromatic heterocycles. The molecular weight excluding hydrogens is 419 g/mol. The minimum atomic E-state index is -1.17. The van der Waals surface area contributed by atoms with Crippen molar-refractivity contribution in [3.8, 4) is 0 Å². The van der Waals surface area contributed by atoms with Crippen LogP contribution in [0.3, 0.4) is 0 Å². The zero-order chi connectivity index (χ0) is 21.2. The fourth-order valence-corrected chi connectivity index (χ4v) is 2.78. The molecule has 0 fully saturated rings. The van der Waals surface area contributed by atoms with Gasteiger partial charge in [-0.25, -0.2) is 14.4 Å². The maximum Gasteiger partial charge on any atom is 0.326 e. The van der Waals surface area contributed by atoms with E-state index < -0.39 is 24.1 Å². The Bertz CT molecular complexity index is 879. The first-order valence-electron chi connectivity index (χ1n) is 8.70. The highest BCUT2D eigenvalue weighted by molar-refractivity contribution is 6.31. The minimum absolute atomic E-state index is 0.135. The molecule has 4 amide bonds. The van der Waals surface area contributed by atoms with Gasteiger partial charge in [0.05, 0.1) is 0 Å². The number of carboxylic acid groups (broad SMARTS) is 1. The van der Waals surface area contributed by atoms with Gasteiger partial charge >= 0.3 is 18.0 Å². The van der Waals surface area contributed by atoms with Gasteiger partial charge < -0.3 is 26.4 Å². The zero-order valence-corrected chi connectivity index (χ0v) is 16.8. The van der Waals surface area contributed by atoms with Crippen LogP contribution in [0.1, 0.15) is 12.8 Å². The van der Waals surface area contributed by atoms with E-state index in [9.17, 15) is 19.5 Å². The van der Waals surface area contributed by atoms with Crippen LogP contribution in [0, 0.1) is 0 Å². The summed E-state index contributed by atoms with van der Waals surface area (Å²) in [5.74, 6) is -1.17. The summed E-state index contributed by atoms with van der Waals surface area (Å²) in [6, 6.07) is 11.0. The standard InChI is InChI=1S/C19H20Cl2N4O4/c20-12-4-1-6-14(10-12)23-18(28)22-9-3-8-16(17(26)27)25-19(29)24-15-7-2-5-13(21)11-15/h1-2,4-7,10-11,16H,3,8-9H2,(H,26,27)(H2,22,23,28)(H2,24,25,29)/t16-/m0/s1. The molecule has 2 aromatic rings. The van der Waals surface area contributed by atoms with Gasteiger partial charge in [-0.3, -0.25) is 0 Å². The molecule has 0 spiro atoms. The molecule has 0 aliphatic heterocycles. The van der Waals surface area contributed by atoms with E-state index in [1.54, 1.807) is 48.5 Å². The van der Waals surface area contributed by atoms with Crippen LogP contribution < -0.4 is 21.3 Å². The smallest absolute Gasteiger partial charge is 0.326 e. The van der Waals surface area contributed by atoms with Crippen LogP contribution in [0.2, 0.25) is 10.0 Å². The molecule has 8 nitrogen and oxygen atoms in total. The molecule has 0 unspecified atom stereocenters. The molecule has 0 aliphatic rings. The first-order chi connectivity index (χ1) is 13.8. The number of carbonyl (C=O) groups is 3. The SMILES string of the molecule is O=C(NCCC[C@H](NC(=O)Nc1cccc(Cl)c1)C(=O)O)Nc1cccc(Cl)c1. The second kappa shape index (κ2) is 11.1. The number of nitrogens with one attached hydrogen (secondary N) is 4. The van der Waals surface area contributed by atoms with Gasteiger partial charge in [0.2, 0.25) is 0 Å². The average Bonchev–Trinajstić information content (AvgIpc) is 2.64. The Balaban J connectivity index is 1.73. The molecule has 10 heteroatoms. The number of carboxylic acids is 1. The van der Waals surface area contributed by atoms with Gasteiger partial charge in [-0.1, -0.05) is 35.3 Å². The fraction of sp³-hybridized carbons (Fsp3) is 0.211. The average molecular weight is 439 g/mol. The Morgan fingerprint density at radius 2 is 1.45 bits per heavy atom. The monoisotopic (exact) mass is 438 g/mol. The van der Waals surface area contributed by atoms with Gasteiger partial charge in [-0.2, -0.15) is 0 Å². The van der Waals surface area contributed by atoms with E-state index in [0.717, 1.165) is 0 Å². The van der Waals surface area contributed by atoms with Crippen molar-refractivity contribution in [3.63, 3.8) is 0 Å². The number of hydrogen-bond acceptors (Lipinski definition) is 3. The van der Waals surface area contributed by atoms with E-state index in [0.29, 0.717) is 27.8 Å². The number of aliphatic carboxylic acids is 1. The van der Waals surface area contributed by atoms with Crippen LogP contribution in [-0.4, -0.2) is 35.7 Å². The van der Waals surface area contributed by atoms with Gasteiger partial charge in [-0.05, 0) is 49.2 Å². The van der Waals surface area contributed by atoms with E-state index in [1.165, 1.54) is 0 Å². The van der Waals surface area contributed by atoms with Crippen molar-refractivity contribution < 1.29 is 19.5 Å². The highest BCUT2D eigenvalue weighted by atomic mass is 35.5. The molecule has 0 heterocycles. The van der Waals surface area contributed by atoms with E-state index in [-0.39, 0.29) is 13.0 Å². The highest BCUT2D eigenvalue weighted by Gasteiger charge is 2.19. The quantitative estimate of drug-likeness (QED) is 0.397. The Kier molecular flexibility index (Phi) is 8.57. The lowest BCUT2D eigenvalue weighted by Gasteiger charge is -2.15. The van der Waals surface area contributed by atoms with Crippen molar-refractivity contribution in [1.29, 1.82) is 0 Å². The number of anilines is 2. The summed E-state index contributed by atoms with van der Waals surface area (Å²) in [6.07, 6.45) is 0.479. The second-order valence-corrected chi connectivity index (χ2v) is 6.91. The molecule has 154 valence electrons. The number of benzene rings is 2. The van der Waals surface area contributed by atoms with Crippen LogP contribution in [0.4, 0.5) is 21.0 Å². The topological polar surface area (TPSA) is 120 Å². The molecule has 29 heavy (non-hydrogen) atoms. The highest BCUT2D eigenvalue weighted by Crippen LogP contribution is 2.15. The normalized spacial score (nSPS) is 11.2. The van der Waals surface area contributed by atoms with Gasteiger partial charge in [0.15, 0.2) is 0 Å². The zero-order valence-electron chi connectivity index (χ0n) is 15.2. The van der Waals surface area contributed by atoms with E-state index in [1.807, 2.05) is 0 Å². The summed E-state index contributed by atoms with van der Waals surface area (Å²) < 4.78 is 0. The molecule has 5 N–H and O–H groups in total. The van der Waals surface area contributed by atoms with Crippen LogP contribution in [0.5, 0.6) is 0 Å². The molecule has 2 rings (SSSR count). The lowest BCUT2D eigenvalue weighted by atomic mass is 10.1. The summed E-state index contributed by atoms with van der Waals surface area (Å²) in [5, 5.41) is 20.4. The van der Waals surface area contributed by atoms with Crippen LogP contribution in [0.15, 0.2) is 48.5 Å². The fourth-order valence-electron chi connectivity index (χ4n) is 2.40. The number of halogens is 2. The first kappa shape index (κ1) is 22.3. The van der Waals surface area contributed by atoms with Crippen molar-refractivity contribution in [2.45, 2.75) is 18.9 Å². The molecular formula is C19H20Cl2N4O4. The van der Waals surface area contributed by atoms with Gasteiger partial charge in [0.1, 0.15) is 6.04 Å². The second-order valence-electron chi connectivity index (χ2n) is 6.03. The summed E-state index contributed by atoms with van der Waals surface area (Å²) in [6.45, 7) is 0.230. The number of urea groups is 2. The Morgan fingerprint density at radius 1 is 0.897 bits per heavy atom. The summed E-state index contributed by atoms with van der Waals surface area (Å²) in [5.41, 5.74) is 0.983. The molecule has 2 aromatic carbocycles. The predicted octanol–water partition coefficient (Wildman–Crippen LogP) is 4.17. The van der Waals surface area contributed by atoms with Crippen LogP contribution in [0.25, 0.3) is 0 Å².